The van der Waals surface area contributed by atoms with E-state index in [2.05, 4.69) is 108 Å². The first-order valence-electron chi connectivity index (χ1n) is 13.1. The molecule has 3 heterocycles. The highest BCUT2D eigenvalue weighted by Gasteiger charge is 2.53. The van der Waals surface area contributed by atoms with Gasteiger partial charge in [-0.05, 0) is 92.9 Å². The Hall–Kier alpha value is -0.190. The lowest BCUT2D eigenvalue weighted by atomic mass is 9.79. The van der Waals surface area contributed by atoms with Crippen molar-refractivity contribution in [3.8, 4) is 0 Å². The SMILES string of the molecule is CC(C)(C)CC=CP1(=O)N(C2CC(C)(C)NC(C)(C)C2)CCN1C1CC(C)(C)NC(C)(C)C1. The minimum atomic E-state index is -2.81. The van der Waals surface area contributed by atoms with Crippen molar-refractivity contribution in [3.05, 3.63) is 11.9 Å². The van der Waals surface area contributed by atoms with Gasteiger partial charge in [-0.1, -0.05) is 26.8 Å². The molecule has 0 aromatic carbocycles. The van der Waals surface area contributed by atoms with Crippen LogP contribution in [0.15, 0.2) is 11.9 Å². The zero-order chi connectivity index (χ0) is 25.1. The maximum absolute atomic E-state index is 15.1. The smallest absolute Gasteiger partial charge is 0.239 e. The van der Waals surface area contributed by atoms with Crippen molar-refractivity contribution in [2.75, 3.05) is 13.1 Å². The second-order valence-electron chi connectivity index (χ2n) is 15.0. The lowest BCUT2D eigenvalue weighted by Gasteiger charge is -2.51. The van der Waals surface area contributed by atoms with Crippen LogP contribution < -0.4 is 10.6 Å². The van der Waals surface area contributed by atoms with Gasteiger partial charge in [0.1, 0.15) is 0 Å². The van der Waals surface area contributed by atoms with Crippen molar-refractivity contribution in [1.82, 2.24) is 20.0 Å². The Morgan fingerprint density at radius 2 is 1.09 bits per heavy atom. The number of rotatable bonds is 4. The molecule has 6 heteroatoms. The summed E-state index contributed by atoms with van der Waals surface area (Å²) in [5.74, 6) is 2.13. The number of nitrogens with one attached hydrogen (secondary N) is 2. The lowest BCUT2D eigenvalue weighted by molar-refractivity contribution is 0.112. The summed E-state index contributed by atoms with van der Waals surface area (Å²) in [4.78, 5) is 0. The van der Waals surface area contributed by atoms with Crippen LogP contribution in [0.25, 0.3) is 0 Å². The Morgan fingerprint density at radius 1 is 0.758 bits per heavy atom. The van der Waals surface area contributed by atoms with E-state index in [1.165, 1.54) is 0 Å². The summed E-state index contributed by atoms with van der Waals surface area (Å²) in [6.45, 7) is 27.0. The van der Waals surface area contributed by atoms with Gasteiger partial charge in [0.15, 0.2) is 0 Å². The summed E-state index contributed by atoms with van der Waals surface area (Å²) in [6.07, 6.45) is 7.30. The molecule has 0 unspecified atom stereocenters. The Labute approximate surface area is 205 Å². The number of allylic oxidation sites excluding steroid dienone is 1. The van der Waals surface area contributed by atoms with Crippen molar-refractivity contribution in [2.24, 2.45) is 5.41 Å². The monoisotopic (exact) mass is 480 g/mol. The van der Waals surface area contributed by atoms with E-state index in [1.807, 2.05) is 0 Å². The first-order chi connectivity index (χ1) is 14.7. The standard InChI is InChI=1S/C27H53N4OP/c1-23(2,3)13-12-16-33(32)30(21-17-24(4,5)28-25(6,7)18-21)14-15-31(33)22-19-26(8,9)29-27(10,11)20-22/h12,16,21-22,28-29H,13-15,17-20H2,1-11H3. The van der Waals surface area contributed by atoms with E-state index in [-0.39, 0.29) is 27.6 Å². The van der Waals surface area contributed by atoms with Crippen LogP contribution in [0.3, 0.4) is 0 Å². The highest BCUT2D eigenvalue weighted by Crippen LogP contribution is 2.63. The Bertz CT molecular complexity index is 710. The Kier molecular flexibility index (Phi) is 7.25. The van der Waals surface area contributed by atoms with Crippen LogP contribution in [-0.4, -0.2) is 56.7 Å². The van der Waals surface area contributed by atoms with E-state index in [9.17, 15) is 0 Å². The molecular formula is C27H53N4OP. The fourth-order valence-electron chi connectivity index (χ4n) is 7.15. The molecule has 0 bridgehead atoms. The second-order valence-corrected chi connectivity index (χ2v) is 17.5. The van der Waals surface area contributed by atoms with E-state index in [0.29, 0.717) is 12.1 Å². The molecule has 0 atom stereocenters. The first kappa shape index (κ1) is 27.4. The summed E-state index contributed by atoms with van der Waals surface area (Å²) < 4.78 is 20.0. The third-order valence-corrected chi connectivity index (χ3v) is 10.6. The second kappa shape index (κ2) is 8.73. The average Bonchev–Trinajstić information content (AvgIpc) is 2.84. The van der Waals surface area contributed by atoms with Crippen LogP contribution in [0.1, 0.15) is 108 Å². The number of hydrogen-bond donors (Lipinski definition) is 2. The van der Waals surface area contributed by atoms with Gasteiger partial charge in [-0.25, -0.2) is 9.34 Å². The Morgan fingerprint density at radius 3 is 1.39 bits per heavy atom. The molecule has 0 aromatic heterocycles. The fourth-order valence-corrected chi connectivity index (χ4v) is 10.2. The van der Waals surface area contributed by atoms with Gasteiger partial charge in [0.2, 0.25) is 7.44 Å². The summed E-state index contributed by atoms with van der Waals surface area (Å²) in [5, 5.41) is 7.63. The summed E-state index contributed by atoms with van der Waals surface area (Å²) in [6, 6.07) is 0.656. The first-order valence-corrected chi connectivity index (χ1v) is 14.8. The van der Waals surface area contributed by atoms with Crippen LogP contribution in [-0.2, 0) is 4.57 Å². The third-order valence-electron chi connectivity index (χ3n) is 7.50. The van der Waals surface area contributed by atoms with E-state index in [0.717, 1.165) is 45.2 Å². The predicted molar refractivity (Wildman–Crippen MR) is 143 cm³/mol. The molecule has 0 aromatic rings. The molecule has 3 aliphatic heterocycles. The molecule has 0 aliphatic carbocycles. The van der Waals surface area contributed by atoms with Crippen molar-refractivity contribution in [1.29, 1.82) is 0 Å². The van der Waals surface area contributed by atoms with Gasteiger partial charge in [0, 0.05) is 53.1 Å². The molecule has 2 N–H and O–H groups in total. The molecule has 5 nitrogen and oxygen atoms in total. The number of nitrogens with zero attached hydrogens (tertiary/aromatic N) is 2. The van der Waals surface area contributed by atoms with Gasteiger partial charge in [0.05, 0.1) is 0 Å². The van der Waals surface area contributed by atoms with Crippen molar-refractivity contribution < 1.29 is 4.57 Å². The van der Waals surface area contributed by atoms with Crippen LogP contribution in [0.2, 0.25) is 0 Å². The van der Waals surface area contributed by atoms with E-state index in [4.69, 9.17) is 0 Å². The molecular weight excluding hydrogens is 427 g/mol. The van der Waals surface area contributed by atoms with Gasteiger partial charge < -0.3 is 10.6 Å². The van der Waals surface area contributed by atoms with Crippen molar-refractivity contribution in [3.63, 3.8) is 0 Å². The fraction of sp³-hybridized carbons (Fsp3) is 0.926. The molecule has 192 valence electrons. The molecule has 0 spiro atoms. The Balaban J connectivity index is 1.96. The molecule has 0 amide bonds. The van der Waals surface area contributed by atoms with Gasteiger partial charge in [0.25, 0.3) is 0 Å². The van der Waals surface area contributed by atoms with Crippen LogP contribution >= 0.6 is 7.44 Å². The topological polar surface area (TPSA) is 47.6 Å². The number of piperidine rings is 2. The molecule has 3 saturated heterocycles. The van der Waals surface area contributed by atoms with Gasteiger partial charge in [-0.2, -0.15) is 0 Å². The molecule has 0 saturated carbocycles. The normalized spacial score (nSPS) is 30.8. The quantitative estimate of drug-likeness (QED) is 0.458. The van der Waals surface area contributed by atoms with E-state index >= 15 is 4.57 Å². The number of hydrogen-bond acceptors (Lipinski definition) is 3. The van der Waals surface area contributed by atoms with Gasteiger partial charge in [-0.15, -0.1) is 0 Å². The van der Waals surface area contributed by atoms with Crippen molar-refractivity contribution >= 4 is 7.44 Å². The van der Waals surface area contributed by atoms with Crippen LogP contribution in [0.4, 0.5) is 0 Å². The zero-order valence-corrected chi connectivity index (χ0v) is 24.4. The molecule has 3 aliphatic rings. The highest BCUT2D eigenvalue weighted by atomic mass is 31.2. The van der Waals surface area contributed by atoms with Crippen molar-refractivity contribution in [2.45, 2.75) is 143 Å². The van der Waals surface area contributed by atoms with Crippen LogP contribution in [0.5, 0.6) is 0 Å². The molecule has 3 rings (SSSR count). The lowest BCUT2D eigenvalue weighted by Crippen LogP contribution is -2.62. The van der Waals surface area contributed by atoms with Gasteiger partial charge >= 0.3 is 0 Å². The average molecular weight is 481 g/mol. The molecule has 3 fully saturated rings. The third kappa shape index (κ3) is 6.73. The van der Waals surface area contributed by atoms with Crippen LogP contribution in [0, 0.1) is 5.41 Å². The highest BCUT2D eigenvalue weighted by molar-refractivity contribution is 7.62. The minimum Gasteiger partial charge on any atom is -0.307 e. The minimum absolute atomic E-state index is 0.0402. The predicted octanol–water partition coefficient (Wildman–Crippen LogP) is 6.37. The molecule has 33 heavy (non-hydrogen) atoms. The van der Waals surface area contributed by atoms with Gasteiger partial charge in [-0.3, -0.25) is 4.57 Å². The largest absolute Gasteiger partial charge is 0.307 e. The summed E-state index contributed by atoms with van der Waals surface area (Å²) in [5.41, 5.74) is 0.358. The zero-order valence-electron chi connectivity index (χ0n) is 23.5. The summed E-state index contributed by atoms with van der Waals surface area (Å²) in [7, 11) is -2.81. The summed E-state index contributed by atoms with van der Waals surface area (Å²) >= 11 is 0. The maximum atomic E-state index is 15.1. The molecule has 0 radical (unpaired) electrons. The van der Waals surface area contributed by atoms with E-state index in [1.54, 1.807) is 0 Å². The van der Waals surface area contributed by atoms with E-state index < -0.39 is 7.44 Å². The maximum Gasteiger partial charge on any atom is 0.239 e.